The van der Waals surface area contributed by atoms with Crippen molar-refractivity contribution in [3.63, 3.8) is 0 Å². The van der Waals surface area contributed by atoms with E-state index in [4.69, 9.17) is 16.4 Å². The third-order valence-corrected chi connectivity index (χ3v) is 4.78. The van der Waals surface area contributed by atoms with Gasteiger partial charge in [0.1, 0.15) is 5.75 Å². The molecule has 0 aromatic heterocycles. The number of ether oxygens (including phenoxy) is 2. The molecule has 0 aliphatic rings. The fraction of sp³-hybridized carbons (Fsp3) is 0.882. The van der Waals surface area contributed by atoms with Crippen molar-refractivity contribution in [2.75, 3.05) is 30.5 Å². The van der Waals surface area contributed by atoms with Crippen molar-refractivity contribution in [3.05, 3.63) is 0 Å². The van der Waals surface area contributed by atoms with Gasteiger partial charge in [-0.3, -0.25) is 9.59 Å². The Morgan fingerprint density at radius 2 is 1.14 bits per heavy atom. The summed E-state index contributed by atoms with van der Waals surface area (Å²) in [6, 6.07) is 0. The Hall–Kier alpha value is -0.910. The molecular weight excluding hydrogens is 446 g/mol. The minimum Gasteiger partial charge on any atom is -0.465 e. The molecule has 9 nitrogen and oxygen atoms in total. The number of halogens is 1. The highest BCUT2D eigenvalue weighted by Crippen LogP contribution is 2.16. The summed E-state index contributed by atoms with van der Waals surface area (Å²) in [4.78, 5) is 21.3. The first kappa shape index (κ1) is 32.7. The minimum atomic E-state index is -3.75. The van der Waals surface area contributed by atoms with Crippen LogP contribution in [-0.4, -0.2) is 64.8 Å². The van der Waals surface area contributed by atoms with Crippen LogP contribution in [-0.2, 0) is 38.0 Å². The second kappa shape index (κ2) is 14.2. The maximum atomic E-state index is 11.4. The Balaban J connectivity index is -0.000000392. The maximum absolute atomic E-state index is 11.4. The minimum absolute atomic E-state index is 0. The molecule has 0 fully saturated rings. The Kier molecular flexibility index (Phi) is 16.0. The number of esters is 2. The molecule has 176 valence electrons. The summed E-state index contributed by atoms with van der Waals surface area (Å²) in [6.07, 6.45) is 0. The van der Waals surface area contributed by atoms with Gasteiger partial charge in [-0.05, 0) is 40.0 Å². The summed E-state index contributed by atoms with van der Waals surface area (Å²) < 4.78 is 52.1. The third-order valence-electron chi connectivity index (χ3n) is 1.89. The van der Waals surface area contributed by atoms with E-state index in [1.807, 2.05) is 41.5 Å². The lowest BCUT2D eigenvalue weighted by Gasteiger charge is -2.17. The number of carbonyl (C=O) groups excluding carboxylic acids is 2. The first-order valence-electron chi connectivity index (χ1n) is 8.84. The molecule has 0 amide bonds. The summed E-state index contributed by atoms with van der Waals surface area (Å²) in [5.41, 5.74) is 5.03. The van der Waals surface area contributed by atoms with E-state index in [0.29, 0.717) is 0 Å². The molecule has 0 atom stereocenters. The van der Waals surface area contributed by atoms with Crippen molar-refractivity contribution < 1.29 is 35.9 Å². The van der Waals surface area contributed by atoms with Crippen molar-refractivity contribution in [1.82, 2.24) is 0 Å². The van der Waals surface area contributed by atoms with Gasteiger partial charge in [0.15, 0.2) is 15.6 Å². The lowest BCUT2D eigenvalue weighted by Crippen LogP contribution is -2.27. The van der Waals surface area contributed by atoms with Gasteiger partial charge in [0.25, 0.3) is 0 Å². The first-order valence-corrected chi connectivity index (χ1v) is 13.1. The van der Waals surface area contributed by atoms with Crippen LogP contribution in [0, 0.1) is 5.41 Å². The van der Waals surface area contributed by atoms with Crippen LogP contribution in [0.25, 0.3) is 0 Å². The lowest BCUT2D eigenvalue weighted by atomic mass is 10.0. The molecule has 29 heavy (non-hydrogen) atoms. The molecule has 12 heteroatoms. The highest BCUT2D eigenvalue weighted by atomic mass is 35.7. The number of sulfone groups is 1. The Bertz CT molecular complexity index is 684. The number of carbonyl (C=O) groups is 2. The summed E-state index contributed by atoms with van der Waals surface area (Å²) in [5.74, 6) is -2.77. The molecular formula is C17H36ClNO8S2. The first-order chi connectivity index (χ1) is 12.6. The Labute approximate surface area is 180 Å². The molecule has 2 N–H and O–H groups in total. The quantitative estimate of drug-likeness (QED) is 0.424. The Morgan fingerprint density at radius 1 is 0.828 bits per heavy atom. The van der Waals surface area contributed by atoms with Crippen LogP contribution in [0.2, 0.25) is 0 Å². The number of rotatable bonds is 7. The summed E-state index contributed by atoms with van der Waals surface area (Å²) in [7, 11) is -2.35. The monoisotopic (exact) mass is 481 g/mol. The van der Waals surface area contributed by atoms with Gasteiger partial charge in [-0.25, -0.2) is 16.8 Å². The van der Waals surface area contributed by atoms with Crippen LogP contribution in [0.1, 0.15) is 55.4 Å². The zero-order chi connectivity index (χ0) is 24.1. The smallest absolute Gasteiger partial charge is 0.322 e. The fourth-order valence-corrected chi connectivity index (χ4v) is 3.93. The topological polar surface area (TPSA) is 147 Å². The van der Waals surface area contributed by atoms with Crippen LogP contribution in [0.15, 0.2) is 0 Å². The van der Waals surface area contributed by atoms with E-state index in [0.717, 1.165) is 0 Å². The zero-order valence-electron chi connectivity index (χ0n) is 18.6. The van der Waals surface area contributed by atoms with Crippen LogP contribution < -0.4 is 5.73 Å². The van der Waals surface area contributed by atoms with Gasteiger partial charge in [-0.2, -0.15) is 0 Å². The van der Waals surface area contributed by atoms with Crippen molar-refractivity contribution >= 4 is 41.5 Å². The van der Waals surface area contributed by atoms with E-state index in [1.165, 1.54) is 0 Å². The molecule has 0 saturated heterocycles. The van der Waals surface area contributed by atoms with Crippen molar-refractivity contribution in [2.24, 2.45) is 11.1 Å². The van der Waals surface area contributed by atoms with Gasteiger partial charge in [0, 0.05) is 16.2 Å². The molecule has 0 bridgehead atoms. The normalized spacial score (nSPS) is 11.9. The standard InChI is InChI=1S/C9H18O4S.C4H7ClO4S.C4H11N/c1-5-13-8(10)6-14(11,12)7-9(2,3)4;1-2-9-4(6)3-10(5,7)8;1-4(2,3)5/h5-7H2,1-4H3;2-3H2,1H3;5H2,1-3H3. The predicted octanol–water partition coefficient (Wildman–Crippen LogP) is 1.87. The SMILES string of the molecule is CC(C)(C)N.CCOC(=O)CS(=O)(=O)CC(C)(C)C.CCOC(=O)CS(=O)(=O)Cl. The second-order valence-electron chi connectivity index (χ2n) is 8.25. The number of hydrogen-bond donors (Lipinski definition) is 1. The van der Waals surface area contributed by atoms with E-state index < -0.39 is 42.3 Å². The van der Waals surface area contributed by atoms with Crippen LogP contribution in [0.3, 0.4) is 0 Å². The average molecular weight is 482 g/mol. The van der Waals surface area contributed by atoms with E-state index in [1.54, 1.807) is 13.8 Å². The predicted molar refractivity (Wildman–Crippen MR) is 115 cm³/mol. The van der Waals surface area contributed by atoms with Crippen LogP contribution in [0.4, 0.5) is 0 Å². The highest BCUT2D eigenvalue weighted by molar-refractivity contribution is 8.14. The van der Waals surface area contributed by atoms with E-state index >= 15 is 0 Å². The molecule has 0 radical (unpaired) electrons. The van der Waals surface area contributed by atoms with Crippen molar-refractivity contribution in [2.45, 2.75) is 60.9 Å². The molecule has 0 aromatic rings. The number of nitrogens with two attached hydrogens (primary N) is 1. The number of hydrogen-bond acceptors (Lipinski definition) is 9. The molecule has 0 spiro atoms. The molecule has 0 aliphatic carbocycles. The molecule has 0 aliphatic heterocycles. The van der Waals surface area contributed by atoms with Crippen molar-refractivity contribution in [3.8, 4) is 0 Å². The van der Waals surface area contributed by atoms with E-state index in [-0.39, 0.29) is 29.9 Å². The lowest BCUT2D eigenvalue weighted by molar-refractivity contribution is -0.140. The van der Waals surface area contributed by atoms with Crippen molar-refractivity contribution in [1.29, 1.82) is 0 Å². The molecule has 0 saturated carbocycles. The van der Waals surface area contributed by atoms with Gasteiger partial charge >= 0.3 is 11.9 Å². The molecule has 0 aromatic carbocycles. The van der Waals surface area contributed by atoms with Gasteiger partial charge in [0.05, 0.1) is 19.0 Å². The van der Waals surface area contributed by atoms with Gasteiger partial charge in [-0.1, -0.05) is 20.8 Å². The van der Waals surface area contributed by atoms with Gasteiger partial charge in [0.2, 0.25) is 9.05 Å². The summed E-state index contributed by atoms with van der Waals surface area (Å²) in [5, 5.41) is 0. The molecule has 0 heterocycles. The average Bonchev–Trinajstić information content (AvgIpc) is 2.31. The van der Waals surface area contributed by atoms with Crippen LogP contribution >= 0.6 is 10.7 Å². The molecule has 0 rings (SSSR count). The van der Waals surface area contributed by atoms with Gasteiger partial charge < -0.3 is 15.2 Å². The highest BCUT2D eigenvalue weighted by Gasteiger charge is 2.24. The summed E-state index contributed by atoms with van der Waals surface area (Å²) >= 11 is 0. The second-order valence-corrected chi connectivity index (χ2v) is 13.1. The largest absolute Gasteiger partial charge is 0.465 e. The maximum Gasteiger partial charge on any atom is 0.322 e. The fourth-order valence-electron chi connectivity index (χ4n) is 1.44. The third kappa shape index (κ3) is 38.3. The molecule has 0 unspecified atom stereocenters. The Morgan fingerprint density at radius 3 is 1.38 bits per heavy atom. The summed E-state index contributed by atoms with van der Waals surface area (Å²) in [6.45, 7) is 14.9. The van der Waals surface area contributed by atoms with Gasteiger partial charge in [-0.15, -0.1) is 0 Å². The van der Waals surface area contributed by atoms with Crippen LogP contribution in [0.5, 0.6) is 0 Å². The zero-order valence-corrected chi connectivity index (χ0v) is 21.0. The van der Waals surface area contributed by atoms with E-state index in [2.05, 4.69) is 9.47 Å². The van der Waals surface area contributed by atoms with E-state index in [9.17, 15) is 26.4 Å².